The Hall–Kier alpha value is -3.48. The molecule has 0 saturated heterocycles. The number of aromatic nitrogens is 2. The van der Waals surface area contributed by atoms with Crippen LogP contribution in [0.5, 0.6) is 0 Å². The van der Waals surface area contributed by atoms with Crippen molar-refractivity contribution in [3.8, 4) is 22.9 Å². The Labute approximate surface area is 168 Å². The third-order valence-corrected chi connectivity index (χ3v) is 4.73. The Morgan fingerprint density at radius 1 is 0.966 bits per heavy atom. The van der Waals surface area contributed by atoms with Gasteiger partial charge in [0.2, 0.25) is 11.8 Å². The van der Waals surface area contributed by atoms with Crippen LogP contribution in [0, 0.1) is 12.3 Å². The Kier molecular flexibility index (Phi) is 5.77. The Bertz CT molecular complexity index is 1010. The van der Waals surface area contributed by atoms with Crippen LogP contribution in [0.4, 0.5) is 0 Å². The van der Waals surface area contributed by atoms with Crippen LogP contribution >= 0.6 is 0 Å². The number of hydrogen-bond acceptors (Lipinski definition) is 5. The molecule has 1 heterocycles. The summed E-state index contributed by atoms with van der Waals surface area (Å²) in [5.41, 5.74) is 2.28. The molecule has 2 N–H and O–H groups in total. The first kappa shape index (κ1) is 20.3. The van der Waals surface area contributed by atoms with Crippen molar-refractivity contribution in [1.82, 2.24) is 15.5 Å². The molecule has 0 aliphatic rings. The van der Waals surface area contributed by atoms with Crippen molar-refractivity contribution in [2.45, 2.75) is 27.2 Å². The largest absolute Gasteiger partial charge is 0.481 e. The maximum atomic E-state index is 12.3. The third-order valence-electron chi connectivity index (χ3n) is 4.73. The van der Waals surface area contributed by atoms with Crippen molar-refractivity contribution in [2.75, 3.05) is 6.54 Å². The number of benzene rings is 2. The number of amides is 1. The number of aryl methyl sites for hydroxylation is 1. The number of nitrogens with one attached hydrogen (secondary N) is 1. The fraction of sp³-hybridized carbons (Fsp3) is 0.273. The van der Waals surface area contributed by atoms with Gasteiger partial charge < -0.3 is 14.8 Å². The molecule has 0 aliphatic heterocycles. The first-order valence-corrected chi connectivity index (χ1v) is 9.29. The fourth-order valence-corrected chi connectivity index (χ4v) is 2.61. The zero-order chi connectivity index (χ0) is 21.0. The van der Waals surface area contributed by atoms with Gasteiger partial charge >= 0.3 is 5.97 Å². The van der Waals surface area contributed by atoms with Crippen LogP contribution < -0.4 is 5.32 Å². The van der Waals surface area contributed by atoms with Crippen molar-refractivity contribution in [2.24, 2.45) is 5.41 Å². The molecule has 1 aromatic heterocycles. The van der Waals surface area contributed by atoms with Crippen LogP contribution in [0.2, 0.25) is 0 Å². The SMILES string of the molecule is Cc1ccc(-c2nnc(-c3ccc(C(=O)NCCC(C)(C)C(=O)O)cc3)o2)cc1. The summed E-state index contributed by atoms with van der Waals surface area (Å²) >= 11 is 0. The molecule has 2 aromatic carbocycles. The molecule has 0 saturated carbocycles. The summed E-state index contributed by atoms with van der Waals surface area (Å²) in [5, 5.41) is 20.0. The number of carboxylic acid groups (broad SMARTS) is 1. The summed E-state index contributed by atoms with van der Waals surface area (Å²) < 4.78 is 5.74. The van der Waals surface area contributed by atoms with Gasteiger partial charge in [-0.15, -0.1) is 10.2 Å². The van der Waals surface area contributed by atoms with Gasteiger partial charge in [0.05, 0.1) is 5.41 Å². The van der Waals surface area contributed by atoms with Gasteiger partial charge in [0, 0.05) is 23.2 Å². The third kappa shape index (κ3) is 4.87. The number of aliphatic carboxylic acids is 1. The molecule has 0 bridgehead atoms. The minimum absolute atomic E-state index is 0.261. The van der Waals surface area contributed by atoms with E-state index in [4.69, 9.17) is 9.52 Å². The van der Waals surface area contributed by atoms with Crippen molar-refractivity contribution in [3.63, 3.8) is 0 Å². The van der Waals surface area contributed by atoms with Crippen molar-refractivity contribution < 1.29 is 19.1 Å². The van der Waals surface area contributed by atoms with E-state index in [2.05, 4.69) is 15.5 Å². The topological polar surface area (TPSA) is 105 Å². The van der Waals surface area contributed by atoms with E-state index in [1.54, 1.807) is 38.1 Å². The van der Waals surface area contributed by atoms with Gasteiger partial charge in [0.15, 0.2) is 0 Å². The fourth-order valence-electron chi connectivity index (χ4n) is 2.61. The van der Waals surface area contributed by atoms with Crippen LogP contribution in [0.3, 0.4) is 0 Å². The lowest BCUT2D eigenvalue weighted by Crippen LogP contribution is -2.31. The first-order chi connectivity index (χ1) is 13.8. The maximum Gasteiger partial charge on any atom is 0.309 e. The van der Waals surface area contributed by atoms with E-state index in [0.29, 0.717) is 29.3 Å². The van der Waals surface area contributed by atoms with Crippen LogP contribution in [-0.2, 0) is 4.79 Å². The van der Waals surface area contributed by atoms with Crippen molar-refractivity contribution in [3.05, 3.63) is 59.7 Å². The first-order valence-electron chi connectivity index (χ1n) is 9.29. The van der Waals surface area contributed by atoms with E-state index in [9.17, 15) is 9.59 Å². The van der Waals surface area contributed by atoms with Gasteiger partial charge in [-0.25, -0.2) is 0 Å². The average molecular weight is 393 g/mol. The molecule has 0 spiro atoms. The lowest BCUT2D eigenvalue weighted by atomic mass is 9.90. The standard InChI is InChI=1S/C22H23N3O4/c1-14-4-6-16(7-5-14)19-24-25-20(29-19)17-10-8-15(9-11-17)18(26)23-13-12-22(2,3)21(27)28/h4-11H,12-13H2,1-3H3,(H,23,26)(H,27,28). The maximum absolute atomic E-state index is 12.3. The van der Waals surface area contributed by atoms with E-state index in [1.807, 2.05) is 31.2 Å². The number of carbonyl (C=O) groups is 2. The number of rotatable bonds is 7. The van der Waals surface area contributed by atoms with Crippen molar-refractivity contribution in [1.29, 1.82) is 0 Å². The summed E-state index contributed by atoms with van der Waals surface area (Å²) in [6.07, 6.45) is 0.343. The highest BCUT2D eigenvalue weighted by molar-refractivity contribution is 5.94. The van der Waals surface area contributed by atoms with Gasteiger partial charge in [0.25, 0.3) is 5.91 Å². The molecular formula is C22H23N3O4. The second-order valence-corrected chi connectivity index (χ2v) is 7.55. The highest BCUT2D eigenvalue weighted by atomic mass is 16.4. The summed E-state index contributed by atoms with van der Waals surface area (Å²) in [6, 6.07) is 14.6. The molecule has 0 fully saturated rings. The second-order valence-electron chi connectivity index (χ2n) is 7.55. The van der Waals surface area contributed by atoms with E-state index >= 15 is 0 Å². The Morgan fingerprint density at radius 3 is 2.00 bits per heavy atom. The van der Waals surface area contributed by atoms with Crippen LogP contribution in [-0.4, -0.2) is 33.7 Å². The van der Waals surface area contributed by atoms with E-state index in [-0.39, 0.29) is 12.5 Å². The highest BCUT2D eigenvalue weighted by Gasteiger charge is 2.26. The zero-order valence-corrected chi connectivity index (χ0v) is 16.6. The lowest BCUT2D eigenvalue weighted by Gasteiger charge is -2.18. The van der Waals surface area contributed by atoms with E-state index in [0.717, 1.165) is 11.1 Å². The smallest absolute Gasteiger partial charge is 0.309 e. The van der Waals surface area contributed by atoms with Gasteiger partial charge in [-0.1, -0.05) is 17.7 Å². The molecule has 7 nitrogen and oxygen atoms in total. The molecule has 0 aliphatic carbocycles. The molecular weight excluding hydrogens is 370 g/mol. The van der Waals surface area contributed by atoms with Gasteiger partial charge in [-0.3, -0.25) is 9.59 Å². The lowest BCUT2D eigenvalue weighted by molar-refractivity contribution is -0.147. The molecule has 0 radical (unpaired) electrons. The number of carboxylic acids is 1. The highest BCUT2D eigenvalue weighted by Crippen LogP contribution is 2.24. The molecule has 150 valence electrons. The summed E-state index contributed by atoms with van der Waals surface area (Å²) in [6.45, 7) is 5.55. The number of hydrogen-bond donors (Lipinski definition) is 2. The van der Waals surface area contributed by atoms with Crippen LogP contribution in [0.1, 0.15) is 36.2 Å². The Balaban J connectivity index is 1.63. The van der Waals surface area contributed by atoms with E-state index < -0.39 is 11.4 Å². The molecule has 3 aromatic rings. The molecule has 3 rings (SSSR count). The monoisotopic (exact) mass is 393 g/mol. The quantitative estimate of drug-likeness (QED) is 0.630. The molecule has 0 atom stereocenters. The Morgan fingerprint density at radius 2 is 1.48 bits per heavy atom. The predicted octanol–water partition coefficient (Wildman–Crippen LogP) is 3.94. The van der Waals surface area contributed by atoms with Crippen LogP contribution in [0.15, 0.2) is 52.9 Å². The average Bonchev–Trinajstić information content (AvgIpc) is 3.18. The second kappa shape index (κ2) is 8.26. The van der Waals surface area contributed by atoms with Crippen molar-refractivity contribution >= 4 is 11.9 Å². The molecule has 29 heavy (non-hydrogen) atoms. The van der Waals surface area contributed by atoms with Gasteiger partial charge in [0.1, 0.15) is 0 Å². The summed E-state index contributed by atoms with van der Waals surface area (Å²) in [4.78, 5) is 23.4. The number of carbonyl (C=O) groups excluding carboxylic acids is 1. The minimum atomic E-state index is -0.888. The zero-order valence-electron chi connectivity index (χ0n) is 16.6. The summed E-state index contributed by atoms with van der Waals surface area (Å²) in [5.74, 6) is -0.345. The van der Waals surface area contributed by atoms with Crippen LogP contribution in [0.25, 0.3) is 22.9 Å². The molecule has 1 amide bonds. The molecule has 7 heteroatoms. The minimum Gasteiger partial charge on any atom is -0.481 e. The van der Waals surface area contributed by atoms with Gasteiger partial charge in [-0.2, -0.15) is 0 Å². The summed E-state index contributed by atoms with van der Waals surface area (Å²) in [7, 11) is 0. The van der Waals surface area contributed by atoms with E-state index in [1.165, 1.54) is 0 Å². The normalized spacial score (nSPS) is 11.3. The van der Waals surface area contributed by atoms with Gasteiger partial charge in [-0.05, 0) is 63.6 Å². The predicted molar refractivity (Wildman–Crippen MR) is 108 cm³/mol. The molecule has 0 unspecified atom stereocenters. The number of nitrogens with zero attached hydrogens (tertiary/aromatic N) is 2.